The van der Waals surface area contributed by atoms with Crippen LogP contribution in [0.4, 0.5) is 4.79 Å². The first-order valence-corrected chi connectivity index (χ1v) is 6.32. The highest BCUT2D eigenvalue weighted by molar-refractivity contribution is 6.01. The third-order valence-electron chi connectivity index (χ3n) is 2.35. The molecule has 0 radical (unpaired) electrons. The van der Waals surface area contributed by atoms with E-state index in [0.717, 1.165) is 0 Å². The predicted molar refractivity (Wildman–Crippen MR) is 67.4 cm³/mol. The van der Waals surface area contributed by atoms with Gasteiger partial charge in [-0.3, -0.25) is 9.59 Å². The van der Waals surface area contributed by atoms with E-state index in [9.17, 15) is 19.2 Å². The normalized spacial score (nSPS) is 16.7. The second-order valence-electron chi connectivity index (χ2n) is 5.37. The van der Waals surface area contributed by atoms with Crippen LogP contribution in [0.3, 0.4) is 0 Å². The number of imide groups is 1. The molecule has 1 atom stereocenters. The summed E-state index contributed by atoms with van der Waals surface area (Å²) in [6.45, 7) is 4.11. The number of amides is 3. The molecule has 3 amide bonds. The maximum absolute atomic E-state index is 11.7. The van der Waals surface area contributed by atoms with E-state index < -0.39 is 42.1 Å². The minimum Gasteiger partial charge on any atom is -0.444 e. The van der Waals surface area contributed by atoms with Gasteiger partial charge in [0.2, 0.25) is 0 Å². The number of hydrogen-bond donors (Lipinski definition) is 2. The molecule has 0 bridgehead atoms. The monoisotopic (exact) mass is 302 g/mol. The second-order valence-corrected chi connectivity index (χ2v) is 5.37. The Morgan fingerprint density at radius 3 is 2.24 bits per heavy atom. The number of carbonyl (C=O) groups is 4. The Kier molecular flexibility index (Phi) is 5.25. The molecular weight excluding hydrogens is 284 g/mol. The van der Waals surface area contributed by atoms with Crippen LogP contribution in [-0.2, 0) is 24.0 Å². The highest BCUT2D eigenvalue weighted by Gasteiger charge is 2.35. The maximum Gasteiger partial charge on any atom is 0.408 e. The first-order valence-electron chi connectivity index (χ1n) is 6.32. The number of aliphatic hydroxyl groups excluding tert-OH is 1. The Morgan fingerprint density at radius 1 is 1.29 bits per heavy atom. The lowest BCUT2D eigenvalue weighted by Crippen LogP contribution is -2.48. The molecule has 2 N–H and O–H groups in total. The number of rotatable bonds is 4. The second kappa shape index (κ2) is 6.53. The smallest absolute Gasteiger partial charge is 0.408 e. The van der Waals surface area contributed by atoms with Gasteiger partial charge in [0, 0.05) is 12.8 Å². The topological polar surface area (TPSA) is 122 Å². The fourth-order valence-corrected chi connectivity index (χ4v) is 1.44. The molecule has 0 unspecified atom stereocenters. The molecule has 21 heavy (non-hydrogen) atoms. The van der Waals surface area contributed by atoms with Gasteiger partial charge < -0.3 is 20.0 Å². The van der Waals surface area contributed by atoms with Crippen molar-refractivity contribution in [1.29, 1.82) is 0 Å². The number of nitrogens with one attached hydrogen (secondary N) is 1. The number of hydrogen-bond acceptors (Lipinski definition) is 7. The SMILES string of the molecule is CC(C)(C)OC(=O)N[C@H](CO)C(=O)ON1C(=O)CCC1=O. The summed E-state index contributed by atoms with van der Waals surface area (Å²) in [6.07, 6.45) is -1.03. The summed E-state index contributed by atoms with van der Waals surface area (Å²) in [7, 11) is 0. The van der Waals surface area contributed by atoms with Crippen molar-refractivity contribution in [2.75, 3.05) is 6.61 Å². The number of aliphatic hydroxyl groups is 1. The van der Waals surface area contributed by atoms with Gasteiger partial charge in [-0.25, -0.2) is 9.59 Å². The van der Waals surface area contributed by atoms with Crippen LogP contribution in [0.5, 0.6) is 0 Å². The highest BCUT2D eigenvalue weighted by atomic mass is 16.7. The van der Waals surface area contributed by atoms with Crippen molar-refractivity contribution in [2.24, 2.45) is 0 Å². The van der Waals surface area contributed by atoms with Crippen LogP contribution in [0, 0.1) is 0 Å². The number of alkyl carbamates (subject to hydrolysis) is 1. The van der Waals surface area contributed by atoms with Gasteiger partial charge >= 0.3 is 12.1 Å². The van der Waals surface area contributed by atoms with Crippen LogP contribution in [0.2, 0.25) is 0 Å². The van der Waals surface area contributed by atoms with Crippen molar-refractivity contribution in [3.8, 4) is 0 Å². The minimum absolute atomic E-state index is 0.0462. The lowest BCUT2D eigenvalue weighted by atomic mass is 10.2. The van der Waals surface area contributed by atoms with E-state index in [0.29, 0.717) is 5.06 Å². The molecular formula is C12H18N2O7. The predicted octanol–water partition coefficient (Wildman–Crippen LogP) is -0.521. The Bertz CT molecular complexity index is 439. The Morgan fingerprint density at radius 2 is 1.81 bits per heavy atom. The minimum atomic E-state index is -1.44. The average molecular weight is 302 g/mol. The van der Waals surface area contributed by atoms with Crippen molar-refractivity contribution in [1.82, 2.24) is 10.4 Å². The fourth-order valence-electron chi connectivity index (χ4n) is 1.44. The Hall–Kier alpha value is -2.16. The third-order valence-corrected chi connectivity index (χ3v) is 2.35. The quantitative estimate of drug-likeness (QED) is 0.670. The fraction of sp³-hybridized carbons (Fsp3) is 0.667. The standard InChI is InChI=1S/C12H18N2O7/c1-12(2,3)20-11(19)13-7(6-15)10(18)21-14-8(16)4-5-9(14)17/h7,15H,4-6H2,1-3H3,(H,13,19)/t7-/m1/s1. The van der Waals surface area contributed by atoms with E-state index in [1.54, 1.807) is 20.8 Å². The Labute approximate surface area is 121 Å². The molecule has 1 heterocycles. The molecule has 0 aliphatic carbocycles. The van der Waals surface area contributed by atoms with Gasteiger partial charge in [-0.05, 0) is 20.8 Å². The number of ether oxygens (including phenoxy) is 1. The molecule has 1 saturated heterocycles. The van der Waals surface area contributed by atoms with E-state index in [1.165, 1.54) is 0 Å². The summed E-state index contributed by atoms with van der Waals surface area (Å²) < 4.78 is 4.92. The van der Waals surface area contributed by atoms with Crippen LogP contribution in [0.25, 0.3) is 0 Å². The number of nitrogens with zero attached hydrogens (tertiary/aromatic N) is 1. The molecule has 0 aromatic rings. The van der Waals surface area contributed by atoms with E-state index in [2.05, 4.69) is 10.2 Å². The van der Waals surface area contributed by atoms with Crippen molar-refractivity contribution in [2.45, 2.75) is 45.3 Å². The molecule has 9 heteroatoms. The van der Waals surface area contributed by atoms with Crippen molar-refractivity contribution in [3.63, 3.8) is 0 Å². The molecule has 118 valence electrons. The molecule has 0 aromatic heterocycles. The molecule has 1 fully saturated rings. The van der Waals surface area contributed by atoms with Gasteiger partial charge in [0.25, 0.3) is 11.8 Å². The summed E-state index contributed by atoms with van der Waals surface area (Å²) in [4.78, 5) is 50.4. The summed E-state index contributed by atoms with van der Waals surface area (Å²) in [5.74, 6) is -2.43. The first kappa shape index (κ1) is 16.9. The Balaban J connectivity index is 2.59. The first-order chi connectivity index (χ1) is 9.64. The molecule has 0 saturated carbocycles. The lowest BCUT2D eigenvalue weighted by molar-refractivity contribution is -0.199. The zero-order valence-electron chi connectivity index (χ0n) is 12.0. The lowest BCUT2D eigenvalue weighted by Gasteiger charge is -2.22. The van der Waals surface area contributed by atoms with Gasteiger partial charge in [0.1, 0.15) is 5.60 Å². The number of carbonyl (C=O) groups excluding carboxylic acids is 4. The molecule has 1 rings (SSSR count). The number of hydroxylamine groups is 2. The van der Waals surface area contributed by atoms with Gasteiger partial charge in [0.15, 0.2) is 6.04 Å². The zero-order valence-corrected chi connectivity index (χ0v) is 12.0. The molecule has 1 aliphatic heterocycles. The third kappa shape index (κ3) is 5.03. The van der Waals surface area contributed by atoms with E-state index in [-0.39, 0.29) is 12.8 Å². The maximum atomic E-state index is 11.7. The molecule has 1 aliphatic rings. The van der Waals surface area contributed by atoms with Crippen LogP contribution in [0.1, 0.15) is 33.6 Å². The molecule has 0 aromatic carbocycles. The van der Waals surface area contributed by atoms with Crippen molar-refractivity contribution >= 4 is 23.9 Å². The van der Waals surface area contributed by atoms with Crippen molar-refractivity contribution in [3.05, 3.63) is 0 Å². The summed E-state index contributed by atoms with van der Waals surface area (Å²) >= 11 is 0. The molecule has 0 spiro atoms. The van der Waals surface area contributed by atoms with E-state index in [4.69, 9.17) is 9.84 Å². The van der Waals surface area contributed by atoms with Crippen LogP contribution < -0.4 is 5.32 Å². The summed E-state index contributed by atoms with van der Waals surface area (Å²) in [5.41, 5.74) is -0.783. The summed E-state index contributed by atoms with van der Waals surface area (Å²) in [6, 6.07) is -1.44. The van der Waals surface area contributed by atoms with Crippen molar-refractivity contribution < 1.29 is 33.9 Å². The van der Waals surface area contributed by atoms with Crippen LogP contribution in [-0.4, -0.2) is 52.3 Å². The van der Waals surface area contributed by atoms with Crippen LogP contribution >= 0.6 is 0 Å². The average Bonchev–Trinajstić information content (AvgIpc) is 2.65. The van der Waals surface area contributed by atoms with E-state index in [1.807, 2.05) is 0 Å². The van der Waals surface area contributed by atoms with Gasteiger partial charge in [-0.15, -0.1) is 5.06 Å². The molecule has 9 nitrogen and oxygen atoms in total. The van der Waals surface area contributed by atoms with Gasteiger partial charge in [-0.1, -0.05) is 0 Å². The summed E-state index contributed by atoms with van der Waals surface area (Å²) in [5, 5.41) is 11.5. The zero-order chi connectivity index (χ0) is 16.2. The van der Waals surface area contributed by atoms with Gasteiger partial charge in [0.05, 0.1) is 6.61 Å². The van der Waals surface area contributed by atoms with Crippen LogP contribution in [0.15, 0.2) is 0 Å². The largest absolute Gasteiger partial charge is 0.444 e. The highest BCUT2D eigenvalue weighted by Crippen LogP contribution is 2.13. The van der Waals surface area contributed by atoms with Gasteiger partial charge in [-0.2, -0.15) is 0 Å². The van der Waals surface area contributed by atoms with E-state index >= 15 is 0 Å².